The Morgan fingerprint density at radius 3 is 2.94 bits per heavy atom. The van der Waals surface area contributed by atoms with Gasteiger partial charge in [0.1, 0.15) is 11.4 Å². The highest BCUT2D eigenvalue weighted by Crippen LogP contribution is 2.32. The molecule has 18 heavy (non-hydrogen) atoms. The minimum atomic E-state index is -0.553. The molecule has 2 heterocycles. The van der Waals surface area contributed by atoms with Crippen molar-refractivity contribution in [2.45, 2.75) is 31.3 Å². The predicted molar refractivity (Wildman–Crippen MR) is 70.7 cm³/mol. The van der Waals surface area contributed by atoms with Crippen molar-refractivity contribution in [1.29, 1.82) is 0 Å². The number of furan rings is 1. The van der Waals surface area contributed by atoms with Gasteiger partial charge in [0.05, 0.1) is 17.3 Å². The molecule has 4 nitrogen and oxygen atoms in total. The Hall–Kier alpha value is -1.55. The number of anilines is 1. The van der Waals surface area contributed by atoms with E-state index in [4.69, 9.17) is 4.42 Å². The maximum atomic E-state index is 10.5. The first kappa shape index (κ1) is 11.5. The first-order chi connectivity index (χ1) is 8.68. The number of aliphatic hydroxyl groups is 1. The second-order valence-corrected chi connectivity index (χ2v) is 5.25. The van der Waals surface area contributed by atoms with Gasteiger partial charge in [-0.15, -0.1) is 0 Å². The molecule has 96 valence electrons. The molecule has 1 saturated carbocycles. The van der Waals surface area contributed by atoms with E-state index in [9.17, 15) is 5.11 Å². The Morgan fingerprint density at radius 2 is 2.17 bits per heavy atom. The molecule has 1 N–H and O–H groups in total. The number of pyridine rings is 1. The summed E-state index contributed by atoms with van der Waals surface area (Å²) in [6.45, 7) is 0.629. The smallest absolute Gasteiger partial charge is 0.139 e. The molecule has 0 aromatic carbocycles. The van der Waals surface area contributed by atoms with Gasteiger partial charge in [-0.25, -0.2) is 4.98 Å². The first-order valence-corrected chi connectivity index (χ1v) is 6.44. The molecule has 3 rings (SSSR count). The Morgan fingerprint density at radius 1 is 1.39 bits per heavy atom. The molecule has 4 heteroatoms. The lowest BCUT2D eigenvalue weighted by Crippen LogP contribution is -2.39. The second-order valence-electron chi connectivity index (χ2n) is 5.25. The molecule has 1 aliphatic carbocycles. The van der Waals surface area contributed by atoms with Crippen molar-refractivity contribution in [3.63, 3.8) is 0 Å². The molecular formula is C14H18N2O2. The van der Waals surface area contributed by atoms with E-state index < -0.39 is 5.60 Å². The summed E-state index contributed by atoms with van der Waals surface area (Å²) in [4.78, 5) is 6.44. The molecule has 0 radical (unpaired) electrons. The van der Waals surface area contributed by atoms with Crippen LogP contribution in [0.15, 0.2) is 29.0 Å². The van der Waals surface area contributed by atoms with Crippen LogP contribution < -0.4 is 4.90 Å². The van der Waals surface area contributed by atoms with Crippen LogP contribution in [0.25, 0.3) is 11.0 Å². The average Bonchev–Trinajstić information content (AvgIpc) is 2.96. The summed E-state index contributed by atoms with van der Waals surface area (Å²) < 4.78 is 5.37. The van der Waals surface area contributed by atoms with Gasteiger partial charge in [-0.1, -0.05) is 12.8 Å². The van der Waals surface area contributed by atoms with Gasteiger partial charge in [-0.3, -0.25) is 0 Å². The van der Waals surface area contributed by atoms with E-state index >= 15 is 0 Å². The third-order valence-electron chi connectivity index (χ3n) is 3.79. The van der Waals surface area contributed by atoms with Crippen LogP contribution >= 0.6 is 0 Å². The molecule has 1 aliphatic rings. The van der Waals surface area contributed by atoms with Crippen LogP contribution in [0, 0.1) is 0 Å². The van der Waals surface area contributed by atoms with E-state index in [0.29, 0.717) is 6.54 Å². The van der Waals surface area contributed by atoms with Gasteiger partial charge in [0.15, 0.2) is 0 Å². The van der Waals surface area contributed by atoms with Crippen molar-refractivity contribution in [3.05, 3.63) is 24.6 Å². The number of nitrogens with zero attached hydrogens (tertiary/aromatic N) is 2. The highest BCUT2D eigenvalue weighted by atomic mass is 16.3. The number of hydrogen-bond acceptors (Lipinski definition) is 4. The van der Waals surface area contributed by atoms with Crippen LogP contribution in [0.5, 0.6) is 0 Å². The van der Waals surface area contributed by atoms with E-state index in [1.165, 1.54) is 0 Å². The standard InChI is InChI=1S/C14H18N2O2/c1-16(10-14(17)6-2-3-7-14)13-11-5-9-18-12(11)4-8-15-13/h4-5,8-9,17H,2-3,6-7,10H2,1H3. The van der Waals surface area contributed by atoms with E-state index in [-0.39, 0.29) is 0 Å². The summed E-state index contributed by atoms with van der Waals surface area (Å²) in [5.74, 6) is 0.876. The average molecular weight is 246 g/mol. The lowest BCUT2D eigenvalue weighted by Gasteiger charge is -2.29. The number of likely N-dealkylation sites (N-methyl/N-ethyl adjacent to an activating group) is 1. The highest BCUT2D eigenvalue weighted by molar-refractivity contribution is 5.88. The second kappa shape index (κ2) is 4.28. The van der Waals surface area contributed by atoms with E-state index in [1.807, 2.05) is 24.1 Å². The summed E-state index contributed by atoms with van der Waals surface area (Å²) in [5.41, 5.74) is 0.285. The third kappa shape index (κ3) is 1.97. The molecule has 2 aromatic rings. The van der Waals surface area contributed by atoms with Crippen molar-refractivity contribution in [2.24, 2.45) is 0 Å². The fourth-order valence-corrected chi connectivity index (χ4v) is 2.89. The molecule has 0 saturated heterocycles. The van der Waals surface area contributed by atoms with Crippen molar-refractivity contribution in [1.82, 2.24) is 4.98 Å². The molecule has 0 unspecified atom stereocenters. The van der Waals surface area contributed by atoms with Crippen molar-refractivity contribution in [3.8, 4) is 0 Å². The quantitative estimate of drug-likeness (QED) is 0.904. The van der Waals surface area contributed by atoms with Gasteiger partial charge < -0.3 is 14.4 Å². The van der Waals surface area contributed by atoms with Crippen LogP contribution in [0.1, 0.15) is 25.7 Å². The normalized spacial score (nSPS) is 18.3. The molecule has 0 bridgehead atoms. The number of aromatic nitrogens is 1. The SMILES string of the molecule is CN(CC1(O)CCCC1)c1nccc2occc12. The van der Waals surface area contributed by atoms with Crippen molar-refractivity contribution >= 4 is 16.8 Å². The Kier molecular flexibility index (Phi) is 2.74. The monoisotopic (exact) mass is 246 g/mol. The van der Waals surface area contributed by atoms with E-state index in [1.54, 1.807) is 12.5 Å². The fraction of sp³-hybridized carbons (Fsp3) is 0.500. The summed E-state index contributed by atoms with van der Waals surface area (Å²) in [6, 6.07) is 3.78. The fourth-order valence-electron chi connectivity index (χ4n) is 2.89. The molecule has 0 spiro atoms. The molecular weight excluding hydrogens is 228 g/mol. The minimum Gasteiger partial charge on any atom is -0.464 e. The number of hydrogen-bond donors (Lipinski definition) is 1. The molecule has 0 atom stereocenters. The van der Waals surface area contributed by atoms with Gasteiger partial charge in [-0.05, 0) is 25.0 Å². The largest absolute Gasteiger partial charge is 0.464 e. The maximum Gasteiger partial charge on any atom is 0.139 e. The molecule has 2 aromatic heterocycles. The predicted octanol–water partition coefficient (Wildman–Crippen LogP) is 2.57. The topological polar surface area (TPSA) is 49.5 Å². The lowest BCUT2D eigenvalue weighted by molar-refractivity contribution is 0.0558. The zero-order chi connectivity index (χ0) is 12.6. The highest BCUT2D eigenvalue weighted by Gasteiger charge is 2.32. The first-order valence-electron chi connectivity index (χ1n) is 6.44. The number of fused-ring (bicyclic) bond motifs is 1. The zero-order valence-electron chi connectivity index (χ0n) is 10.6. The van der Waals surface area contributed by atoms with Gasteiger partial charge in [0.2, 0.25) is 0 Å². The van der Waals surface area contributed by atoms with Gasteiger partial charge in [-0.2, -0.15) is 0 Å². The van der Waals surface area contributed by atoms with Crippen LogP contribution in [-0.4, -0.2) is 29.3 Å². The summed E-state index contributed by atoms with van der Waals surface area (Å²) >= 11 is 0. The molecule has 0 aliphatic heterocycles. The van der Waals surface area contributed by atoms with Crippen LogP contribution in [0.4, 0.5) is 5.82 Å². The minimum absolute atomic E-state index is 0.553. The van der Waals surface area contributed by atoms with E-state index in [2.05, 4.69) is 4.98 Å². The summed E-state index contributed by atoms with van der Waals surface area (Å²) in [6.07, 6.45) is 7.43. The maximum absolute atomic E-state index is 10.5. The van der Waals surface area contributed by atoms with Gasteiger partial charge >= 0.3 is 0 Å². The Balaban J connectivity index is 1.87. The van der Waals surface area contributed by atoms with Gasteiger partial charge in [0.25, 0.3) is 0 Å². The molecule has 0 amide bonds. The summed E-state index contributed by atoms with van der Waals surface area (Å²) in [5, 5.41) is 11.5. The lowest BCUT2D eigenvalue weighted by atomic mass is 10.0. The van der Waals surface area contributed by atoms with Crippen LogP contribution in [0.2, 0.25) is 0 Å². The Labute approximate surface area is 106 Å². The summed E-state index contributed by atoms with van der Waals surface area (Å²) in [7, 11) is 1.98. The van der Waals surface area contributed by atoms with E-state index in [0.717, 1.165) is 42.5 Å². The number of rotatable bonds is 3. The van der Waals surface area contributed by atoms with Crippen LogP contribution in [0.3, 0.4) is 0 Å². The third-order valence-corrected chi connectivity index (χ3v) is 3.79. The van der Waals surface area contributed by atoms with Gasteiger partial charge in [0, 0.05) is 19.8 Å². The van der Waals surface area contributed by atoms with Crippen molar-refractivity contribution in [2.75, 3.05) is 18.5 Å². The zero-order valence-corrected chi connectivity index (χ0v) is 10.6. The Bertz CT molecular complexity index is 543. The van der Waals surface area contributed by atoms with Crippen LogP contribution in [-0.2, 0) is 0 Å². The molecule has 1 fully saturated rings. The van der Waals surface area contributed by atoms with Crippen molar-refractivity contribution < 1.29 is 9.52 Å².